The van der Waals surface area contributed by atoms with E-state index in [9.17, 15) is 19.5 Å². The van der Waals surface area contributed by atoms with Crippen molar-refractivity contribution >= 4 is 23.9 Å². The summed E-state index contributed by atoms with van der Waals surface area (Å²) in [5.74, 6) is -1.47. The van der Waals surface area contributed by atoms with Gasteiger partial charge in [0.15, 0.2) is 11.5 Å². The van der Waals surface area contributed by atoms with Gasteiger partial charge in [-0.3, -0.25) is 9.59 Å². The van der Waals surface area contributed by atoms with Gasteiger partial charge in [0.05, 0.1) is 12.7 Å². The number of nitrogens with one attached hydrogen (secondary N) is 2. The number of carbonyl (C=O) groups is 3. The highest BCUT2D eigenvalue weighted by molar-refractivity contribution is 6.07. The number of carboxylic acids is 1. The smallest absolute Gasteiger partial charge is 0.326 e. The molecule has 2 aromatic carbocycles. The first-order valence-electron chi connectivity index (χ1n) is 9.89. The number of carbonyl (C=O) groups excluding carboxylic acids is 2. The molecule has 2 amide bonds. The van der Waals surface area contributed by atoms with Crippen LogP contribution in [0, 0.1) is 5.92 Å². The summed E-state index contributed by atoms with van der Waals surface area (Å²) in [6, 6.07) is 10.4. The van der Waals surface area contributed by atoms with E-state index in [0.29, 0.717) is 22.8 Å². The van der Waals surface area contributed by atoms with E-state index < -0.39 is 23.8 Å². The molecule has 3 rings (SSSR count). The molecule has 0 spiro atoms. The summed E-state index contributed by atoms with van der Waals surface area (Å²) in [5.41, 5.74) is 0.640. The Morgan fingerprint density at radius 2 is 1.81 bits per heavy atom. The van der Waals surface area contributed by atoms with Crippen LogP contribution in [-0.4, -0.2) is 42.8 Å². The normalized spacial score (nSPS) is 13.4. The lowest BCUT2D eigenvalue weighted by Gasteiger charge is -2.19. The summed E-state index contributed by atoms with van der Waals surface area (Å²) < 4.78 is 15.9. The molecule has 1 heterocycles. The Morgan fingerprint density at radius 3 is 2.50 bits per heavy atom. The number of methoxy groups -OCH3 is 1. The molecule has 9 nitrogen and oxygen atoms in total. The molecule has 32 heavy (non-hydrogen) atoms. The van der Waals surface area contributed by atoms with Gasteiger partial charge in [-0.1, -0.05) is 32.0 Å². The molecule has 0 aromatic heterocycles. The van der Waals surface area contributed by atoms with E-state index >= 15 is 0 Å². The molecular formula is C23H24N2O7. The van der Waals surface area contributed by atoms with Gasteiger partial charge in [0.25, 0.3) is 11.8 Å². The van der Waals surface area contributed by atoms with Crippen molar-refractivity contribution in [2.45, 2.75) is 19.9 Å². The van der Waals surface area contributed by atoms with Gasteiger partial charge in [-0.15, -0.1) is 0 Å². The largest absolute Gasteiger partial charge is 0.496 e. The molecule has 1 atom stereocenters. The van der Waals surface area contributed by atoms with Crippen LogP contribution in [0.3, 0.4) is 0 Å². The first-order chi connectivity index (χ1) is 15.3. The van der Waals surface area contributed by atoms with Crippen molar-refractivity contribution in [1.82, 2.24) is 10.6 Å². The van der Waals surface area contributed by atoms with Crippen molar-refractivity contribution in [2.75, 3.05) is 13.9 Å². The molecule has 0 saturated heterocycles. The number of rotatable bonds is 8. The molecule has 0 fully saturated rings. The van der Waals surface area contributed by atoms with Crippen LogP contribution in [0.25, 0.3) is 6.08 Å². The van der Waals surface area contributed by atoms with Crippen molar-refractivity contribution in [3.63, 3.8) is 0 Å². The Labute approximate surface area is 185 Å². The number of para-hydroxylation sites is 1. The molecule has 1 aliphatic heterocycles. The zero-order valence-corrected chi connectivity index (χ0v) is 17.9. The minimum absolute atomic E-state index is 0.0923. The van der Waals surface area contributed by atoms with Crippen LogP contribution in [-0.2, 0) is 9.59 Å². The van der Waals surface area contributed by atoms with Crippen LogP contribution in [0.2, 0.25) is 0 Å². The van der Waals surface area contributed by atoms with Crippen molar-refractivity contribution in [2.24, 2.45) is 5.92 Å². The van der Waals surface area contributed by atoms with Crippen LogP contribution in [0.1, 0.15) is 29.8 Å². The number of hydrogen-bond acceptors (Lipinski definition) is 6. The highest BCUT2D eigenvalue weighted by atomic mass is 16.7. The molecule has 2 aromatic rings. The van der Waals surface area contributed by atoms with E-state index in [0.717, 1.165) is 0 Å². The molecule has 1 aliphatic rings. The molecule has 0 aliphatic carbocycles. The molecular weight excluding hydrogens is 416 g/mol. The van der Waals surface area contributed by atoms with Gasteiger partial charge in [0.1, 0.15) is 17.5 Å². The van der Waals surface area contributed by atoms with E-state index in [1.54, 1.807) is 56.3 Å². The molecule has 168 valence electrons. The summed E-state index contributed by atoms with van der Waals surface area (Å²) in [5, 5.41) is 14.5. The van der Waals surface area contributed by atoms with Crippen LogP contribution in [0.4, 0.5) is 0 Å². The van der Waals surface area contributed by atoms with Gasteiger partial charge < -0.3 is 30.0 Å². The minimum Gasteiger partial charge on any atom is -0.496 e. The molecule has 3 N–H and O–H groups in total. The maximum absolute atomic E-state index is 13.0. The quantitative estimate of drug-likeness (QED) is 0.539. The average Bonchev–Trinajstić information content (AvgIpc) is 3.24. The van der Waals surface area contributed by atoms with E-state index in [4.69, 9.17) is 14.2 Å². The SMILES string of the molecule is COc1ccccc1C(=O)N/C(=C/c1ccc2c(c1)OCO2)C(=O)N[C@@H](C(=O)O)C(C)C. The van der Waals surface area contributed by atoms with E-state index in [1.165, 1.54) is 13.2 Å². The first kappa shape index (κ1) is 22.7. The number of aliphatic carboxylic acids is 1. The van der Waals surface area contributed by atoms with Gasteiger partial charge in [-0.2, -0.15) is 0 Å². The van der Waals surface area contributed by atoms with Crippen LogP contribution in [0.15, 0.2) is 48.2 Å². The number of hydrogen-bond donors (Lipinski definition) is 3. The number of carboxylic acid groups (broad SMARTS) is 1. The molecule has 0 saturated carbocycles. The number of amides is 2. The summed E-state index contributed by atoms with van der Waals surface area (Å²) in [6.45, 7) is 3.44. The van der Waals surface area contributed by atoms with Crippen molar-refractivity contribution < 1.29 is 33.7 Å². The fourth-order valence-corrected chi connectivity index (χ4v) is 3.08. The summed E-state index contributed by atoms with van der Waals surface area (Å²) >= 11 is 0. The Kier molecular flexibility index (Phi) is 6.99. The van der Waals surface area contributed by atoms with Crippen molar-refractivity contribution in [3.05, 3.63) is 59.3 Å². The summed E-state index contributed by atoms with van der Waals surface area (Å²) in [4.78, 5) is 37.4. The lowest BCUT2D eigenvalue weighted by molar-refractivity contribution is -0.142. The third kappa shape index (κ3) is 5.18. The summed E-state index contributed by atoms with van der Waals surface area (Å²) in [7, 11) is 1.43. The second-order valence-corrected chi connectivity index (χ2v) is 7.36. The van der Waals surface area contributed by atoms with Gasteiger partial charge in [-0.25, -0.2) is 4.79 Å². The second-order valence-electron chi connectivity index (χ2n) is 7.36. The molecule has 0 unspecified atom stereocenters. The Bertz CT molecular complexity index is 1060. The third-order valence-electron chi connectivity index (χ3n) is 4.77. The van der Waals surface area contributed by atoms with Gasteiger partial charge in [-0.05, 0) is 41.8 Å². The van der Waals surface area contributed by atoms with Crippen LogP contribution < -0.4 is 24.8 Å². The summed E-state index contributed by atoms with van der Waals surface area (Å²) in [6.07, 6.45) is 1.43. The lowest BCUT2D eigenvalue weighted by Crippen LogP contribution is -2.47. The topological polar surface area (TPSA) is 123 Å². The third-order valence-corrected chi connectivity index (χ3v) is 4.77. The zero-order chi connectivity index (χ0) is 23.3. The fraction of sp³-hybridized carbons (Fsp3) is 0.261. The first-order valence-corrected chi connectivity index (χ1v) is 9.89. The standard InChI is InChI=1S/C23H24N2O7/c1-13(2)20(23(28)29)25-22(27)16(10-14-8-9-18-19(11-14)32-12-31-18)24-21(26)15-6-4-5-7-17(15)30-3/h4-11,13,20H,12H2,1-3H3,(H,24,26)(H,25,27)(H,28,29)/b16-10+/t20-/m1/s1. The predicted molar refractivity (Wildman–Crippen MR) is 115 cm³/mol. The minimum atomic E-state index is -1.17. The zero-order valence-electron chi connectivity index (χ0n) is 17.9. The second kappa shape index (κ2) is 9.86. The molecule has 0 radical (unpaired) electrons. The maximum atomic E-state index is 13.0. The van der Waals surface area contributed by atoms with Gasteiger partial charge >= 0.3 is 5.97 Å². The van der Waals surface area contributed by atoms with Crippen LogP contribution in [0.5, 0.6) is 17.2 Å². The Morgan fingerprint density at radius 1 is 1.09 bits per heavy atom. The number of benzene rings is 2. The number of ether oxygens (including phenoxy) is 3. The fourth-order valence-electron chi connectivity index (χ4n) is 3.08. The Hall–Kier alpha value is -4.01. The van der Waals surface area contributed by atoms with Crippen LogP contribution >= 0.6 is 0 Å². The van der Waals surface area contributed by atoms with Crippen molar-refractivity contribution in [1.29, 1.82) is 0 Å². The van der Waals surface area contributed by atoms with Gasteiger partial charge in [0, 0.05) is 0 Å². The monoisotopic (exact) mass is 440 g/mol. The molecule has 0 bridgehead atoms. The highest BCUT2D eigenvalue weighted by Gasteiger charge is 2.26. The average molecular weight is 440 g/mol. The Balaban J connectivity index is 1.94. The van der Waals surface area contributed by atoms with E-state index in [-0.39, 0.29) is 24.0 Å². The predicted octanol–water partition coefficient (Wildman–Crippen LogP) is 2.42. The van der Waals surface area contributed by atoms with E-state index in [1.807, 2.05) is 0 Å². The lowest BCUT2D eigenvalue weighted by atomic mass is 10.0. The highest BCUT2D eigenvalue weighted by Crippen LogP contribution is 2.33. The van der Waals surface area contributed by atoms with Gasteiger partial charge in [0.2, 0.25) is 6.79 Å². The molecule has 9 heteroatoms. The van der Waals surface area contributed by atoms with E-state index in [2.05, 4.69) is 10.6 Å². The van der Waals surface area contributed by atoms with Crippen molar-refractivity contribution in [3.8, 4) is 17.2 Å². The number of fused-ring (bicyclic) bond motifs is 1. The maximum Gasteiger partial charge on any atom is 0.326 e.